The van der Waals surface area contributed by atoms with Crippen molar-refractivity contribution < 1.29 is 14.6 Å². The Labute approximate surface area is 102 Å². The molecule has 94 valence electrons. The minimum Gasteiger partial charge on any atom is -0.456 e. The molecule has 0 saturated carbocycles. The third-order valence-electron chi connectivity index (χ3n) is 2.62. The van der Waals surface area contributed by atoms with Crippen molar-refractivity contribution in [3.63, 3.8) is 0 Å². The molecule has 3 heteroatoms. The van der Waals surface area contributed by atoms with Crippen LogP contribution in [0.2, 0.25) is 0 Å². The quantitative estimate of drug-likeness (QED) is 0.585. The fourth-order valence-corrected chi connectivity index (χ4v) is 1.60. The summed E-state index contributed by atoms with van der Waals surface area (Å²) in [5.41, 5.74) is 0.529. The van der Waals surface area contributed by atoms with Crippen molar-refractivity contribution in [2.24, 2.45) is 0 Å². The molecule has 0 aliphatic heterocycles. The van der Waals surface area contributed by atoms with Gasteiger partial charge in [0.1, 0.15) is 6.10 Å². The van der Waals surface area contributed by atoms with Crippen LogP contribution in [-0.4, -0.2) is 23.8 Å². The van der Waals surface area contributed by atoms with Gasteiger partial charge in [0.15, 0.2) is 0 Å². The number of hydrogen-bond acceptors (Lipinski definition) is 3. The van der Waals surface area contributed by atoms with Crippen molar-refractivity contribution in [2.75, 3.05) is 6.61 Å². The van der Waals surface area contributed by atoms with Gasteiger partial charge in [0.05, 0.1) is 12.2 Å². The van der Waals surface area contributed by atoms with Crippen LogP contribution in [0.25, 0.3) is 0 Å². The lowest BCUT2D eigenvalue weighted by Gasteiger charge is -2.15. The van der Waals surface area contributed by atoms with Crippen molar-refractivity contribution in [3.8, 4) is 0 Å². The van der Waals surface area contributed by atoms with Gasteiger partial charge in [0, 0.05) is 0 Å². The van der Waals surface area contributed by atoms with Gasteiger partial charge in [0.2, 0.25) is 0 Å². The third-order valence-corrected chi connectivity index (χ3v) is 2.62. The highest BCUT2D eigenvalue weighted by molar-refractivity contribution is 5.89. The molecular weight excluding hydrogens is 216 g/mol. The van der Waals surface area contributed by atoms with Crippen molar-refractivity contribution in [2.45, 2.75) is 38.7 Å². The van der Waals surface area contributed by atoms with E-state index in [2.05, 4.69) is 6.92 Å². The molecule has 0 unspecified atom stereocenters. The third kappa shape index (κ3) is 5.00. The Morgan fingerprint density at radius 1 is 1.29 bits per heavy atom. The molecule has 0 spiro atoms. The molecule has 1 aromatic carbocycles. The van der Waals surface area contributed by atoms with Crippen LogP contribution in [0.3, 0.4) is 0 Å². The van der Waals surface area contributed by atoms with Crippen molar-refractivity contribution in [1.82, 2.24) is 0 Å². The Bertz CT molecular complexity index is 321. The lowest BCUT2D eigenvalue weighted by Crippen LogP contribution is -2.22. The maximum atomic E-state index is 11.7. The number of aliphatic hydroxyl groups is 1. The van der Waals surface area contributed by atoms with Gasteiger partial charge in [-0.15, -0.1) is 0 Å². The number of unbranched alkanes of at least 4 members (excludes halogenated alkanes) is 2. The Kier molecular flexibility index (Phi) is 6.33. The highest BCUT2D eigenvalue weighted by Gasteiger charge is 2.14. The summed E-state index contributed by atoms with van der Waals surface area (Å²) in [6, 6.07) is 8.86. The smallest absolute Gasteiger partial charge is 0.338 e. The standard InChI is InChI=1S/C14H20O3/c1-2-3-5-10-13(11-15)17-14(16)12-8-6-4-7-9-12/h4,6-9,13,15H,2-3,5,10-11H2,1H3/t13-/m1/s1. The average Bonchev–Trinajstić information content (AvgIpc) is 2.38. The highest BCUT2D eigenvalue weighted by Crippen LogP contribution is 2.09. The van der Waals surface area contributed by atoms with Gasteiger partial charge < -0.3 is 9.84 Å². The number of hydrogen-bond donors (Lipinski definition) is 1. The molecule has 0 fully saturated rings. The number of carbonyl (C=O) groups is 1. The molecule has 0 saturated heterocycles. The SMILES string of the molecule is CCCCC[C@H](CO)OC(=O)c1ccccc1. The molecule has 3 nitrogen and oxygen atoms in total. The molecule has 1 atom stereocenters. The summed E-state index contributed by atoms with van der Waals surface area (Å²) in [7, 11) is 0. The molecule has 1 aromatic rings. The Morgan fingerprint density at radius 2 is 2.00 bits per heavy atom. The first-order chi connectivity index (χ1) is 8.27. The summed E-state index contributed by atoms with van der Waals surface area (Å²) in [5.74, 6) is -0.360. The molecule has 0 aliphatic carbocycles. The number of rotatable bonds is 7. The molecule has 0 aliphatic rings. The second-order valence-electron chi connectivity index (χ2n) is 4.07. The van der Waals surface area contributed by atoms with Crippen LogP contribution >= 0.6 is 0 Å². The number of ether oxygens (including phenoxy) is 1. The maximum absolute atomic E-state index is 11.7. The predicted octanol–water partition coefficient (Wildman–Crippen LogP) is 2.78. The number of aliphatic hydroxyl groups excluding tert-OH is 1. The monoisotopic (exact) mass is 236 g/mol. The largest absolute Gasteiger partial charge is 0.456 e. The van der Waals surface area contributed by atoms with Crippen LogP contribution in [0.4, 0.5) is 0 Å². The summed E-state index contributed by atoms with van der Waals surface area (Å²) in [6.45, 7) is 2.01. The predicted molar refractivity (Wildman–Crippen MR) is 66.9 cm³/mol. The van der Waals surface area contributed by atoms with Crippen LogP contribution in [-0.2, 0) is 4.74 Å². The molecule has 0 aromatic heterocycles. The zero-order valence-corrected chi connectivity index (χ0v) is 10.3. The first-order valence-electron chi connectivity index (χ1n) is 6.14. The second-order valence-corrected chi connectivity index (χ2v) is 4.07. The highest BCUT2D eigenvalue weighted by atomic mass is 16.6. The first-order valence-corrected chi connectivity index (χ1v) is 6.14. The molecular formula is C14H20O3. The number of benzene rings is 1. The molecule has 1 N–H and O–H groups in total. The number of esters is 1. The minimum absolute atomic E-state index is 0.109. The molecule has 1 rings (SSSR count). The molecule has 0 bridgehead atoms. The van der Waals surface area contributed by atoms with E-state index in [-0.39, 0.29) is 18.7 Å². The zero-order chi connectivity index (χ0) is 12.5. The molecule has 0 heterocycles. The van der Waals surface area contributed by atoms with Crippen LogP contribution in [0.1, 0.15) is 43.0 Å². The van der Waals surface area contributed by atoms with Crippen LogP contribution in [0.15, 0.2) is 30.3 Å². The molecule has 0 radical (unpaired) electrons. The molecule has 0 amide bonds. The van der Waals surface area contributed by atoms with Gasteiger partial charge in [-0.05, 0) is 25.0 Å². The van der Waals surface area contributed by atoms with Crippen LogP contribution in [0.5, 0.6) is 0 Å². The van der Waals surface area contributed by atoms with Crippen molar-refractivity contribution in [1.29, 1.82) is 0 Å². The Balaban J connectivity index is 2.42. The fraction of sp³-hybridized carbons (Fsp3) is 0.500. The normalized spacial score (nSPS) is 12.1. The van der Waals surface area contributed by atoms with E-state index in [4.69, 9.17) is 9.84 Å². The summed E-state index contributed by atoms with van der Waals surface area (Å²) in [4.78, 5) is 11.7. The summed E-state index contributed by atoms with van der Waals surface area (Å²) in [5, 5.41) is 9.14. The lowest BCUT2D eigenvalue weighted by atomic mass is 10.1. The zero-order valence-electron chi connectivity index (χ0n) is 10.3. The topological polar surface area (TPSA) is 46.5 Å². The van der Waals surface area contributed by atoms with Gasteiger partial charge in [-0.25, -0.2) is 4.79 Å². The van der Waals surface area contributed by atoms with E-state index in [1.54, 1.807) is 24.3 Å². The Hall–Kier alpha value is -1.35. The fourth-order valence-electron chi connectivity index (χ4n) is 1.60. The van der Waals surface area contributed by atoms with E-state index in [9.17, 15) is 4.79 Å². The average molecular weight is 236 g/mol. The second kappa shape index (κ2) is 7.85. The minimum atomic E-state index is -0.380. The van der Waals surface area contributed by atoms with E-state index in [0.717, 1.165) is 25.7 Å². The maximum Gasteiger partial charge on any atom is 0.338 e. The van der Waals surface area contributed by atoms with E-state index in [0.29, 0.717) is 5.56 Å². The summed E-state index contributed by atoms with van der Waals surface area (Å²) in [6.07, 6.45) is 3.53. The van der Waals surface area contributed by atoms with Gasteiger partial charge in [-0.1, -0.05) is 38.0 Å². The van der Waals surface area contributed by atoms with E-state index in [1.165, 1.54) is 0 Å². The van der Waals surface area contributed by atoms with Gasteiger partial charge in [-0.3, -0.25) is 0 Å². The van der Waals surface area contributed by atoms with E-state index < -0.39 is 0 Å². The van der Waals surface area contributed by atoms with Gasteiger partial charge >= 0.3 is 5.97 Å². The van der Waals surface area contributed by atoms with E-state index >= 15 is 0 Å². The lowest BCUT2D eigenvalue weighted by molar-refractivity contribution is 0.0108. The first kappa shape index (κ1) is 13.7. The van der Waals surface area contributed by atoms with Crippen molar-refractivity contribution in [3.05, 3.63) is 35.9 Å². The van der Waals surface area contributed by atoms with Gasteiger partial charge in [-0.2, -0.15) is 0 Å². The van der Waals surface area contributed by atoms with Crippen LogP contribution in [0, 0.1) is 0 Å². The molecule has 17 heavy (non-hydrogen) atoms. The van der Waals surface area contributed by atoms with Crippen molar-refractivity contribution >= 4 is 5.97 Å². The van der Waals surface area contributed by atoms with E-state index in [1.807, 2.05) is 6.07 Å². The number of carbonyl (C=O) groups excluding carboxylic acids is 1. The summed E-state index contributed by atoms with van der Waals surface area (Å²) >= 11 is 0. The van der Waals surface area contributed by atoms with Crippen LogP contribution < -0.4 is 0 Å². The van der Waals surface area contributed by atoms with Gasteiger partial charge in [0.25, 0.3) is 0 Å². The Morgan fingerprint density at radius 3 is 2.59 bits per heavy atom. The summed E-state index contributed by atoms with van der Waals surface area (Å²) < 4.78 is 5.24.